The van der Waals surface area contributed by atoms with Crippen LogP contribution in [0.25, 0.3) is 0 Å². The zero-order valence-corrected chi connectivity index (χ0v) is 16.9. The van der Waals surface area contributed by atoms with Gasteiger partial charge in [-0.1, -0.05) is 56.1 Å². The Balaban J connectivity index is 1.76. The summed E-state index contributed by atoms with van der Waals surface area (Å²) in [4.78, 5) is 23.6. The molecule has 144 valence electrons. The van der Waals surface area contributed by atoms with E-state index in [0.717, 1.165) is 5.56 Å². The highest BCUT2D eigenvalue weighted by atomic mass is 35.5. The molecule has 0 fully saturated rings. The smallest absolute Gasteiger partial charge is 0.344 e. The molecule has 2 aromatic carbocycles. The van der Waals surface area contributed by atoms with Gasteiger partial charge in [0.2, 0.25) is 0 Å². The molecule has 0 aliphatic rings. The lowest BCUT2D eigenvalue weighted by atomic mass is 9.87. The third-order valence-corrected chi connectivity index (χ3v) is 4.19. The van der Waals surface area contributed by atoms with Crippen molar-refractivity contribution in [2.24, 2.45) is 0 Å². The minimum Gasteiger partial charge on any atom is -0.482 e. The van der Waals surface area contributed by atoms with Crippen LogP contribution in [0.2, 0.25) is 10.0 Å². The third kappa shape index (κ3) is 6.77. The van der Waals surface area contributed by atoms with E-state index < -0.39 is 18.5 Å². The van der Waals surface area contributed by atoms with Crippen LogP contribution in [0.3, 0.4) is 0 Å². The van der Waals surface area contributed by atoms with E-state index in [0.29, 0.717) is 21.5 Å². The largest absolute Gasteiger partial charge is 0.482 e. The second-order valence-corrected chi connectivity index (χ2v) is 7.74. The first-order chi connectivity index (χ1) is 12.6. The fourth-order valence-corrected chi connectivity index (χ4v) is 2.61. The number of anilines is 1. The number of carbonyl (C=O) groups excluding carboxylic acids is 2. The molecular formula is C20H21Cl2NO4. The molecule has 7 heteroatoms. The summed E-state index contributed by atoms with van der Waals surface area (Å²) in [6.45, 7) is 5.61. The molecule has 0 saturated heterocycles. The summed E-state index contributed by atoms with van der Waals surface area (Å²) in [6.07, 6.45) is 0. The van der Waals surface area contributed by atoms with E-state index in [1.54, 1.807) is 24.3 Å². The average molecular weight is 410 g/mol. The minimum atomic E-state index is -0.646. The van der Waals surface area contributed by atoms with E-state index in [2.05, 4.69) is 26.1 Å². The predicted octanol–water partition coefficient (Wildman–Crippen LogP) is 4.85. The molecule has 0 bridgehead atoms. The molecule has 0 heterocycles. The van der Waals surface area contributed by atoms with Gasteiger partial charge < -0.3 is 14.8 Å². The van der Waals surface area contributed by atoms with E-state index in [-0.39, 0.29) is 12.0 Å². The van der Waals surface area contributed by atoms with Crippen molar-refractivity contribution in [3.05, 3.63) is 58.1 Å². The van der Waals surface area contributed by atoms with Crippen molar-refractivity contribution in [3.63, 3.8) is 0 Å². The van der Waals surface area contributed by atoms with Gasteiger partial charge in [0.1, 0.15) is 5.75 Å². The molecule has 0 radical (unpaired) electrons. The first kappa shape index (κ1) is 21.1. The van der Waals surface area contributed by atoms with E-state index >= 15 is 0 Å². The maximum Gasteiger partial charge on any atom is 0.344 e. The van der Waals surface area contributed by atoms with Crippen LogP contribution >= 0.6 is 23.2 Å². The van der Waals surface area contributed by atoms with Crippen molar-refractivity contribution in [1.29, 1.82) is 0 Å². The Morgan fingerprint density at radius 2 is 1.67 bits per heavy atom. The first-order valence-corrected chi connectivity index (χ1v) is 9.04. The Kier molecular flexibility index (Phi) is 7.11. The Morgan fingerprint density at radius 3 is 2.26 bits per heavy atom. The Labute approximate surface area is 168 Å². The number of carbonyl (C=O) groups is 2. The van der Waals surface area contributed by atoms with E-state index in [1.165, 1.54) is 6.07 Å². The summed E-state index contributed by atoms with van der Waals surface area (Å²) in [5.41, 5.74) is 1.59. The lowest BCUT2D eigenvalue weighted by molar-refractivity contribution is -0.149. The molecule has 1 N–H and O–H groups in total. The minimum absolute atomic E-state index is 0.0395. The highest BCUT2D eigenvalue weighted by Gasteiger charge is 2.14. The van der Waals surface area contributed by atoms with Crippen LogP contribution in [0.1, 0.15) is 26.3 Å². The highest BCUT2D eigenvalue weighted by Crippen LogP contribution is 2.25. The number of ether oxygens (including phenoxy) is 2. The molecule has 0 aromatic heterocycles. The van der Waals surface area contributed by atoms with Crippen LogP contribution in [0.4, 0.5) is 5.69 Å². The molecular weight excluding hydrogens is 389 g/mol. The van der Waals surface area contributed by atoms with Crippen molar-refractivity contribution in [3.8, 4) is 5.75 Å². The SMILES string of the molecule is CC(C)(C)c1ccc(OCC(=O)OCC(=O)Nc2ccc(Cl)cc2Cl)cc1. The maximum atomic E-state index is 11.8. The zero-order chi connectivity index (χ0) is 20.0. The molecule has 0 aliphatic heterocycles. The van der Waals surface area contributed by atoms with Crippen molar-refractivity contribution in [2.45, 2.75) is 26.2 Å². The van der Waals surface area contributed by atoms with E-state index in [1.807, 2.05) is 12.1 Å². The number of esters is 1. The summed E-state index contributed by atoms with van der Waals surface area (Å²) in [5.74, 6) is -0.605. The Morgan fingerprint density at radius 1 is 1.00 bits per heavy atom. The fraction of sp³-hybridized carbons (Fsp3) is 0.300. The van der Waals surface area contributed by atoms with Crippen LogP contribution in [-0.2, 0) is 19.7 Å². The number of halogens is 2. The molecule has 0 atom stereocenters. The number of benzene rings is 2. The van der Waals surface area contributed by atoms with Gasteiger partial charge in [-0.05, 0) is 41.3 Å². The van der Waals surface area contributed by atoms with Crippen LogP contribution in [-0.4, -0.2) is 25.1 Å². The molecule has 27 heavy (non-hydrogen) atoms. The molecule has 0 spiro atoms. The summed E-state index contributed by atoms with van der Waals surface area (Å²) >= 11 is 11.8. The van der Waals surface area contributed by atoms with Crippen LogP contribution in [0, 0.1) is 0 Å². The Hall–Kier alpha value is -2.24. The number of amides is 1. The van der Waals surface area contributed by atoms with E-state index in [4.69, 9.17) is 32.7 Å². The molecule has 0 saturated carbocycles. The quantitative estimate of drug-likeness (QED) is 0.692. The molecule has 0 unspecified atom stereocenters. The van der Waals surface area contributed by atoms with Gasteiger partial charge in [-0.25, -0.2) is 4.79 Å². The molecule has 2 aromatic rings. The summed E-state index contributed by atoms with van der Waals surface area (Å²) in [6, 6.07) is 12.1. The maximum absolute atomic E-state index is 11.8. The number of nitrogens with one attached hydrogen (secondary N) is 1. The van der Waals surface area contributed by atoms with Gasteiger partial charge in [0.15, 0.2) is 13.2 Å². The van der Waals surface area contributed by atoms with Crippen molar-refractivity contribution in [1.82, 2.24) is 0 Å². The number of rotatable bonds is 6. The monoisotopic (exact) mass is 409 g/mol. The van der Waals surface area contributed by atoms with Gasteiger partial charge in [-0.3, -0.25) is 4.79 Å². The van der Waals surface area contributed by atoms with Gasteiger partial charge in [0.05, 0.1) is 10.7 Å². The van der Waals surface area contributed by atoms with Crippen LogP contribution in [0.5, 0.6) is 5.75 Å². The third-order valence-electron chi connectivity index (χ3n) is 3.65. The number of hydrogen-bond donors (Lipinski definition) is 1. The fourth-order valence-electron chi connectivity index (χ4n) is 2.16. The molecule has 1 amide bonds. The van der Waals surface area contributed by atoms with Crippen LogP contribution in [0.15, 0.2) is 42.5 Å². The van der Waals surface area contributed by atoms with Gasteiger partial charge >= 0.3 is 5.97 Å². The molecule has 2 rings (SSSR count). The van der Waals surface area contributed by atoms with Crippen molar-refractivity contribution < 1.29 is 19.1 Å². The second-order valence-electron chi connectivity index (χ2n) is 6.90. The predicted molar refractivity (Wildman–Crippen MR) is 107 cm³/mol. The number of hydrogen-bond acceptors (Lipinski definition) is 4. The average Bonchev–Trinajstić information content (AvgIpc) is 2.60. The van der Waals surface area contributed by atoms with Gasteiger partial charge in [-0.15, -0.1) is 0 Å². The second kappa shape index (κ2) is 9.11. The van der Waals surface area contributed by atoms with Gasteiger partial charge in [0, 0.05) is 5.02 Å². The van der Waals surface area contributed by atoms with Crippen LogP contribution < -0.4 is 10.1 Å². The van der Waals surface area contributed by atoms with E-state index in [9.17, 15) is 9.59 Å². The summed E-state index contributed by atoms with van der Waals surface area (Å²) < 4.78 is 10.3. The van der Waals surface area contributed by atoms with Gasteiger partial charge in [0.25, 0.3) is 5.91 Å². The highest BCUT2D eigenvalue weighted by molar-refractivity contribution is 6.36. The lowest BCUT2D eigenvalue weighted by Crippen LogP contribution is -2.23. The summed E-state index contributed by atoms with van der Waals surface area (Å²) in [7, 11) is 0. The standard InChI is InChI=1S/C20H21Cl2NO4/c1-20(2,3)13-4-7-15(8-5-13)26-12-19(25)27-11-18(24)23-17-9-6-14(21)10-16(17)22/h4-10H,11-12H2,1-3H3,(H,23,24). The molecule has 5 nitrogen and oxygen atoms in total. The normalized spacial score (nSPS) is 11.0. The lowest BCUT2D eigenvalue weighted by Gasteiger charge is -2.19. The van der Waals surface area contributed by atoms with Gasteiger partial charge in [-0.2, -0.15) is 0 Å². The topological polar surface area (TPSA) is 64.6 Å². The van der Waals surface area contributed by atoms with Crippen molar-refractivity contribution in [2.75, 3.05) is 18.5 Å². The molecule has 0 aliphatic carbocycles. The van der Waals surface area contributed by atoms with Crippen molar-refractivity contribution >= 4 is 40.8 Å². The first-order valence-electron chi connectivity index (χ1n) is 8.29. The Bertz CT molecular complexity index is 814. The summed E-state index contributed by atoms with van der Waals surface area (Å²) in [5, 5.41) is 3.29. The zero-order valence-electron chi connectivity index (χ0n) is 15.3.